The van der Waals surface area contributed by atoms with Gasteiger partial charge in [-0.15, -0.1) is 5.54 Å². The summed E-state index contributed by atoms with van der Waals surface area (Å²) in [6, 6.07) is 3.43. The van der Waals surface area contributed by atoms with Gasteiger partial charge in [-0.2, -0.15) is 0 Å². The first-order valence-corrected chi connectivity index (χ1v) is 8.66. The van der Waals surface area contributed by atoms with Crippen molar-refractivity contribution >= 4 is 19.4 Å². The van der Waals surface area contributed by atoms with Gasteiger partial charge in [0.25, 0.3) is 11.4 Å². The minimum atomic E-state index is -1.63. The van der Waals surface area contributed by atoms with Gasteiger partial charge >= 0.3 is 0 Å². The van der Waals surface area contributed by atoms with Crippen LogP contribution in [0.5, 0.6) is 0 Å². The minimum Gasteiger partial charge on any atom is -0.258 e. The van der Waals surface area contributed by atoms with Crippen molar-refractivity contribution in [1.29, 1.82) is 0 Å². The smallest absolute Gasteiger partial charge is 0.258 e. The largest absolute Gasteiger partial charge is 0.277 e. The summed E-state index contributed by atoms with van der Waals surface area (Å²) in [5.74, 6) is 2.78. The molecule has 7 heteroatoms. The summed E-state index contributed by atoms with van der Waals surface area (Å²) in [6.07, 6.45) is 0. The highest BCUT2D eigenvalue weighted by atomic mass is 28.3. The van der Waals surface area contributed by atoms with Crippen LogP contribution >= 0.6 is 0 Å². The zero-order valence-electron chi connectivity index (χ0n) is 10.3. The monoisotopic (exact) mass is 264 g/mol. The molecule has 0 aromatic heterocycles. The van der Waals surface area contributed by atoms with E-state index in [9.17, 15) is 20.2 Å². The number of nitro benzene ring substituents is 2. The summed E-state index contributed by atoms with van der Waals surface area (Å²) < 4.78 is 0. The first-order chi connectivity index (χ1) is 8.19. The lowest BCUT2D eigenvalue weighted by molar-refractivity contribution is -0.394. The molecule has 0 N–H and O–H groups in total. The van der Waals surface area contributed by atoms with Gasteiger partial charge in [0.1, 0.15) is 8.07 Å². The van der Waals surface area contributed by atoms with Gasteiger partial charge in [0.15, 0.2) is 0 Å². The Labute approximate surface area is 105 Å². The number of nitro groups is 2. The van der Waals surface area contributed by atoms with Gasteiger partial charge in [-0.05, 0) is 0 Å². The van der Waals surface area contributed by atoms with Crippen LogP contribution in [0.4, 0.5) is 11.4 Å². The molecule has 6 nitrogen and oxygen atoms in total. The number of hydrogen-bond acceptors (Lipinski definition) is 4. The van der Waals surface area contributed by atoms with E-state index in [4.69, 9.17) is 0 Å². The average Bonchev–Trinajstić information content (AvgIpc) is 2.25. The van der Waals surface area contributed by atoms with Gasteiger partial charge in [0.05, 0.1) is 15.9 Å². The van der Waals surface area contributed by atoms with E-state index in [1.54, 1.807) is 0 Å². The molecule has 0 saturated carbocycles. The minimum absolute atomic E-state index is 0.304. The van der Waals surface area contributed by atoms with Crippen LogP contribution in [0.25, 0.3) is 0 Å². The Morgan fingerprint density at radius 2 is 1.44 bits per heavy atom. The third kappa shape index (κ3) is 3.99. The summed E-state index contributed by atoms with van der Waals surface area (Å²) in [5.41, 5.74) is 2.69. The number of nitrogens with zero attached hydrogens (tertiary/aromatic N) is 2. The van der Waals surface area contributed by atoms with Crippen molar-refractivity contribution in [3.05, 3.63) is 44.0 Å². The summed E-state index contributed by atoms with van der Waals surface area (Å²) >= 11 is 0. The molecule has 0 unspecified atom stereocenters. The number of non-ortho nitro benzene ring substituents is 2. The molecule has 0 aliphatic rings. The Kier molecular flexibility index (Phi) is 3.83. The molecule has 0 fully saturated rings. The zero-order valence-corrected chi connectivity index (χ0v) is 11.3. The third-order valence-electron chi connectivity index (χ3n) is 1.91. The van der Waals surface area contributed by atoms with E-state index < -0.39 is 17.9 Å². The second-order valence-electron chi connectivity index (χ2n) is 4.75. The molecule has 0 atom stereocenters. The molecule has 0 amide bonds. The molecular weight excluding hydrogens is 252 g/mol. The predicted octanol–water partition coefficient (Wildman–Crippen LogP) is 2.73. The van der Waals surface area contributed by atoms with Gasteiger partial charge in [-0.1, -0.05) is 25.6 Å². The van der Waals surface area contributed by atoms with Crippen molar-refractivity contribution in [3.63, 3.8) is 0 Å². The number of hydrogen-bond donors (Lipinski definition) is 0. The van der Waals surface area contributed by atoms with Gasteiger partial charge < -0.3 is 0 Å². The lowest BCUT2D eigenvalue weighted by Gasteiger charge is -2.03. The van der Waals surface area contributed by atoms with E-state index in [-0.39, 0.29) is 11.4 Å². The first-order valence-electron chi connectivity index (χ1n) is 5.16. The van der Waals surface area contributed by atoms with E-state index in [2.05, 4.69) is 11.5 Å². The Bertz CT molecular complexity index is 534. The highest BCUT2D eigenvalue weighted by Gasteiger charge is 2.16. The Hall–Kier alpha value is -2.20. The Balaban J connectivity index is 3.31. The second kappa shape index (κ2) is 4.97. The van der Waals surface area contributed by atoms with Crippen molar-refractivity contribution in [1.82, 2.24) is 0 Å². The normalized spacial score (nSPS) is 10.4. The quantitative estimate of drug-likeness (QED) is 0.355. The van der Waals surface area contributed by atoms with Crippen LogP contribution in [-0.4, -0.2) is 17.9 Å². The highest BCUT2D eigenvalue weighted by molar-refractivity contribution is 6.83. The van der Waals surface area contributed by atoms with Gasteiger partial charge in [0, 0.05) is 17.7 Å². The lowest BCUT2D eigenvalue weighted by atomic mass is 10.2. The maximum absolute atomic E-state index is 10.7. The summed E-state index contributed by atoms with van der Waals surface area (Å²) in [4.78, 5) is 20.0. The molecule has 1 aromatic rings. The molecule has 0 bridgehead atoms. The van der Waals surface area contributed by atoms with Crippen LogP contribution in [0.3, 0.4) is 0 Å². The topological polar surface area (TPSA) is 86.3 Å². The number of benzene rings is 1. The van der Waals surface area contributed by atoms with Crippen LogP contribution in [0.15, 0.2) is 18.2 Å². The zero-order chi connectivity index (χ0) is 13.9. The summed E-state index contributed by atoms with van der Waals surface area (Å²) in [6.45, 7) is 6.06. The maximum atomic E-state index is 10.7. The van der Waals surface area contributed by atoms with E-state index in [0.29, 0.717) is 5.56 Å². The molecule has 94 valence electrons. The molecule has 0 radical (unpaired) electrons. The summed E-state index contributed by atoms with van der Waals surface area (Å²) in [7, 11) is -1.63. The van der Waals surface area contributed by atoms with Crippen molar-refractivity contribution in [2.75, 3.05) is 0 Å². The molecule has 0 aliphatic carbocycles. The fourth-order valence-corrected chi connectivity index (χ4v) is 1.66. The maximum Gasteiger partial charge on any atom is 0.277 e. The third-order valence-corrected chi connectivity index (χ3v) is 2.78. The molecular formula is C11H12N2O4Si. The van der Waals surface area contributed by atoms with Crippen LogP contribution in [0, 0.1) is 31.7 Å². The standard InChI is InChI=1S/C11H12N2O4Si/c1-18(2,3)5-4-9-6-10(12(14)15)8-11(7-9)13(16)17/h6-8H,1-3H3. The fraction of sp³-hybridized carbons (Fsp3) is 0.273. The van der Waals surface area contributed by atoms with E-state index in [1.807, 2.05) is 19.6 Å². The lowest BCUT2D eigenvalue weighted by Crippen LogP contribution is -2.16. The SMILES string of the molecule is C[Si](C)(C)C#Cc1cc([N+](=O)[O-])cc([N+](=O)[O-])c1. The van der Waals surface area contributed by atoms with Crippen LogP contribution < -0.4 is 0 Å². The molecule has 0 aliphatic heterocycles. The Morgan fingerprint density at radius 3 is 1.78 bits per heavy atom. The second-order valence-corrected chi connectivity index (χ2v) is 9.50. The van der Waals surface area contributed by atoms with Gasteiger partial charge in [-0.25, -0.2) is 0 Å². The van der Waals surface area contributed by atoms with E-state index in [1.165, 1.54) is 12.1 Å². The molecule has 1 aromatic carbocycles. The van der Waals surface area contributed by atoms with Gasteiger partial charge in [-0.3, -0.25) is 20.2 Å². The van der Waals surface area contributed by atoms with Gasteiger partial charge in [0.2, 0.25) is 0 Å². The van der Waals surface area contributed by atoms with E-state index in [0.717, 1.165) is 6.07 Å². The van der Waals surface area contributed by atoms with Crippen molar-refractivity contribution in [2.24, 2.45) is 0 Å². The van der Waals surface area contributed by atoms with Crippen molar-refractivity contribution < 1.29 is 9.85 Å². The number of rotatable bonds is 2. The van der Waals surface area contributed by atoms with Crippen molar-refractivity contribution in [2.45, 2.75) is 19.6 Å². The molecule has 0 saturated heterocycles. The molecule has 0 heterocycles. The average molecular weight is 264 g/mol. The van der Waals surface area contributed by atoms with Crippen molar-refractivity contribution in [3.8, 4) is 11.5 Å². The highest BCUT2D eigenvalue weighted by Crippen LogP contribution is 2.22. The first kappa shape index (κ1) is 13.9. The Morgan fingerprint density at radius 1 is 1.00 bits per heavy atom. The molecule has 18 heavy (non-hydrogen) atoms. The van der Waals surface area contributed by atoms with Crippen LogP contribution in [-0.2, 0) is 0 Å². The fourth-order valence-electron chi connectivity index (χ4n) is 1.14. The van der Waals surface area contributed by atoms with Crippen LogP contribution in [0.1, 0.15) is 5.56 Å². The van der Waals surface area contributed by atoms with Crippen LogP contribution in [0.2, 0.25) is 19.6 Å². The van der Waals surface area contributed by atoms with E-state index >= 15 is 0 Å². The molecule has 0 spiro atoms. The molecule has 1 rings (SSSR count). The predicted molar refractivity (Wildman–Crippen MR) is 70.0 cm³/mol. The summed E-state index contributed by atoms with van der Waals surface area (Å²) in [5, 5.41) is 21.3.